The fourth-order valence-electron chi connectivity index (χ4n) is 9.45. The van der Waals surface area contributed by atoms with Crippen LogP contribution in [-0.2, 0) is 100 Å². The SMILES string of the molecule is CCCCCOC(=O)COC(=O)C(C)c1ccc2cc(OC(=O)COC(=O)CC(O)(CC(=O)OCC(=O)Oc3ccc4ccc(C(C)C(=O)OCC(=O)OCCCCC)cc4c3)C(=O)OCC(=O)Oc3ccc4cc(C(C)C(=O)OCC(=O)OCCCCC)ccc4c3)ccc2c1. The molecule has 25 nitrogen and oxygen atoms in total. The molecule has 518 valence electrons. The molecule has 1 N–H and O–H groups in total. The quantitative estimate of drug-likeness (QED) is 0.0163. The molecule has 0 aliphatic heterocycles. The zero-order valence-electron chi connectivity index (χ0n) is 55.0. The summed E-state index contributed by atoms with van der Waals surface area (Å²) in [6.45, 7) is 6.49. The van der Waals surface area contributed by atoms with Crippen LogP contribution in [0.1, 0.15) is 147 Å². The van der Waals surface area contributed by atoms with Crippen LogP contribution in [-0.4, -0.2) is 142 Å². The average Bonchev–Trinajstić information content (AvgIpc) is 0.849. The fraction of sp³-hybridized carbons (Fsp3) is 0.417. The molecule has 0 saturated carbocycles. The number of aliphatic hydroxyl groups is 1. The second-order valence-corrected chi connectivity index (χ2v) is 22.8. The van der Waals surface area contributed by atoms with Crippen molar-refractivity contribution < 1.29 is 119 Å². The highest BCUT2D eigenvalue weighted by Crippen LogP contribution is 2.30. The van der Waals surface area contributed by atoms with E-state index in [-0.39, 0.29) is 37.1 Å². The highest BCUT2D eigenvalue weighted by Gasteiger charge is 2.44. The van der Waals surface area contributed by atoms with Crippen LogP contribution in [0.5, 0.6) is 17.2 Å². The van der Waals surface area contributed by atoms with Crippen molar-refractivity contribution in [2.75, 3.05) is 59.5 Å². The predicted octanol–water partition coefficient (Wildman–Crippen LogP) is 9.54. The summed E-state index contributed by atoms with van der Waals surface area (Å²) in [5.74, 6) is -14.4. The van der Waals surface area contributed by atoms with Crippen LogP contribution in [0.2, 0.25) is 0 Å². The minimum atomic E-state index is -3.17. The lowest BCUT2D eigenvalue weighted by atomic mass is 9.95. The standard InChI is InChI=1S/C72H80O25/c1-7-10-13-28-86-62(75)39-91-68(81)45(4)49-18-20-54-34-57(26-23-52(54)31-49)95-65(78)42-89-60(73)37-72(85,71(84)94-44-67(80)96-58-27-24-53-32-50(19-21-55(53)35-58)46(5)69(82)92-40-63(76)87-29-14-11-8-2)38-61(74)90-43-66(79)97-59-25-22-48-16-17-51(33-56(48)36-59)47(6)70(83)93-41-64(77)88-30-15-12-9-3/h16-27,31-36,45-47,85H,7-15,28-30,37-44H2,1-6H3. The van der Waals surface area contributed by atoms with Crippen molar-refractivity contribution in [3.63, 3.8) is 0 Å². The third kappa shape index (κ3) is 24.8. The second kappa shape index (κ2) is 38.3. The summed E-state index contributed by atoms with van der Waals surface area (Å²) in [6, 6.07) is 28.4. The summed E-state index contributed by atoms with van der Waals surface area (Å²) < 4.78 is 62.1. The predicted molar refractivity (Wildman–Crippen MR) is 345 cm³/mol. The van der Waals surface area contributed by atoms with E-state index in [0.717, 1.165) is 38.5 Å². The number of benzene rings is 6. The van der Waals surface area contributed by atoms with Gasteiger partial charge in [-0.25, -0.2) is 33.6 Å². The molecule has 0 aliphatic carbocycles. The van der Waals surface area contributed by atoms with Crippen molar-refractivity contribution >= 4 is 104 Å². The van der Waals surface area contributed by atoms with E-state index in [1.165, 1.54) is 36.4 Å². The maximum absolute atomic E-state index is 13.7. The Balaban J connectivity index is 1.06. The van der Waals surface area contributed by atoms with E-state index in [9.17, 15) is 62.6 Å². The summed E-state index contributed by atoms with van der Waals surface area (Å²) in [4.78, 5) is 154. The molecule has 4 unspecified atom stereocenters. The van der Waals surface area contributed by atoms with Gasteiger partial charge in [0.1, 0.15) is 17.2 Å². The summed E-state index contributed by atoms with van der Waals surface area (Å²) >= 11 is 0. The van der Waals surface area contributed by atoms with Gasteiger partial charge in [-0.15, -0.1) is 0 Å². The monoisotopic (exact) mass is 1340 g/mol. The van der Waals surface area contributed by atoms with Gasteiger partial charge in [0.2, 0.25) is 0 Å². The lowest BCUT2D eigenvalue weighted by Crippen LogP contribution is -2.45. The third-order valence-corrected chi connectivity index (χ3v) is 15.1. The first-order valence-electron chi connectivity index (χ1n) is 31.9. The molecule has 0 fully saturated rings. The third-order valence-electron chi connectivity index (χ3n) is 15.1. The Morgan fingerprint density at radius 2 is 0.608 bits per heavy atom. The topological polar surface area (TPSA) is 336 Å². The van der Waals surface area contributed by atoms with Gasteiger partial charge in [0, 0.05) is 0 Å². The van der Waals surface area contributed by atoms with E-state index in [2.05, 4.69) is 0 Å². The van der Waals surface area contributed by atoms with Crippen LogP contribution in [0.4, 0.5) is 0 Å². The number of carbonyl (C=O) groups excluding carboxylic acids is 12. The van der Waals surface area contributed by atoms with Crippen molar-refractivity contribution in [3.8, 4) is 17.2 Å². The largest absolute Gasteiger partial charge is 0.463 e. The smallest absolute Gasteiger partial charge is 0.349 e. The van der Waals surface area contributed by atoms with Crippen molar-refractivity contribution in [1.29, 1.82) is 0 Å². The molecule has 0 spiro atoms. The first kappa shape index (κ1) is 75.7. The Morgan fingerprint density at radius 1 is 0.320 bits per heavy atom. The van der Waals surface area contributed by atoms with Gasteiger partial charge >= 0.3 is 71.6 Å². The first-order valence-corrected chi connectivity index (χ1v) is 31.9. The lowest BCUT2D eigenvalue weighted by molar-refractivity contribution is -0.180. The lowest BCUT2D eigenvalue weighted by Gasteiger charge is -2.24. The van der Waals surface area contributed by atoms with Crippen LogP contribution < -0.4 is 14.2 Å². The molecule has 6 aromatic rings. The van der Waals surface area contributed by atoms with E-state index < -0.39 is 147 Å². The van der Waals surface area contributed by atoms with Gasteiger partial charge in [0.15, 0.2) is 45.2 Å². The van der Waals surface area contributed by atoms with E-state index >= 15 is 0 Å². The minimum absolute atomic E-state index is 0.00552. The van der Waals surface area contributed by atoms with Crippen LogP contribution in [0, 0.1) is 0 Å². The second-order valence-electron chi connectivity index (χ2n) is 22.8. The van der Waals surface area contributed by atoms with Gasteiger partial charge < -0.3 is 61.9 Å². The Hall–Kier alpha value is -10.3. The molecule has 97 heavy (non-hydrogen) atoms. The highest BCUT2D eigenvalue weighted by atomic mass is 16.6. The van der Waals surface area contributed by atoms with E-state index in [4.69, 9.17) is 56.8 Å². The molecular weight excluding hydrogens is 1260 g/mol. The summed E-state index contributed by atoms with van der Waals surface area (Å²) in [6.07, 6.45) is 4.82. The van der Waals surface area contributed by atoms with Crippen LogP contribution in [0.25, 0.3) is 32.3 Å². The number of unbranched alkanes of at least 4 members (excludes halogenated alkanes) is 6. The first-order chi connectivity index (χ1) is 46.5. The Kier molecular flexibility index (Phi) is 29.9. The molecule has 0 amide bonds. The van der Waals surface area contributed by atoms with Gasteiger partial charge in [-0.2, -0.15) is 0 Å². The zero-order chi connectivity index (χ0) is 70.4. The average molecular weight is 1350 g/mol. The summed E-state index contributed by atoms with van der Waals surface area (Å²) in [7, 11) is 0. The molecule has 0 heterocycles. The molecule has 0 aliphatic rings. The molecule has 0 aromatic heterocycles. The van der Waals surface area contributed by atoms with Crippen LogP contribution in [0.15, 0.2) is 109 Å². The number of hydrogen-bond acceptors (Lipinski definition) is 25. The Bertz CT molecular complexity index is 3800. The maximum atomic E-state index is 13.7. The van der Waals surface area contributed by atoms with Gasteiger partial charge in [0.25, 0.3) is 0 Å². The molecule has 25 heteroatoms. The van der Waals surface area contributed by atoms with Crippen LogP contribution in [0.3, 0.4) is 0 Å². The minimum Gasteiger partial charge on any atom is -0.463 e. The van der Waals surface area contributed by atoms with E-state index in [0.29, 0.717) is 68.3 Å². The zero-order valence-corrected chi connectivity index (χ0v) is 55.0. The highest BCUT2D eigenvalue weighted by molar-refractivity contribution is 5.94. The number of hydrogen-bond donors (Lipinski definition) is 1. The Labute approximate surface area is 559 Å². The molecule has 0 radical (unpaired) electrons. The van der Waals surface area contributed by atoms with Gasteiger partial charge in [-0.05, 0) is 125 Å². The van der Waals surface area contributed by atoms with E-state index in [1.54, 1.807) is 93.6 Å². The number of rotatable bonds is 38. The molecule has 6 aromatic carbocycles. The van der Waals surface area contributed by atoms with Crippen molar-refractivity contribution in [2.45, 2.75) is 136 Å². The van der Waals surface area contributed by atoms with Crippen molar-refractivity contribution in [2.24, 2.45) is 0 Å². The summed E-state index contributed by atoms with van der Waals surface area (Å²) in [5.41, 5.74) is -1.55. The molecule has 6 rings (SSSR count). The maximum Gasteiger partial charge on any atom is 0.349 e. The van der Waals surface area contributed by atoms with Gasteiger partial charge in [-0.3, -0.25) is 24.0 Å². The van der Waals surface area contributed by atoms with Gasteiger partial charge in [-0.1, -0.05) is 132 Å². The molecular formula is C72H80O25. The fourth-order valence-corrected chi connectivity index (χ4v) is 9.45. The summed E-state index contributed by atoms with van der Waals surface area (Å²) in [5, 5.41) is 15.3. The van der Waals surface area contributed by atoms with E-state index in [1.807, 2.05) is 20.8 Å². The molecule has 0 bridgehead atoms. The van der Waals surface area contributed by atoms with Crippen molar-refractivity contribution in [3.05, 3.63) is 126 Å². The molecule has 4 atom stereocenters. The normalized spacial score (nSPS) is 12.5. The molecule has 0 saturated heterocycles. The number of esters is 12. The number of fused-ring (bicyclic) bond motifs is 3. The van der Waals surface area contributed by atoms with Gasteiger partial charge in [0.05, 0.1) is 50.4 Å². The number of ether oxygens (including phenoxy) is 12. The van der Waals surface area contributed by atoms with Crippen LogP contribution >= 0.6 is 0 Å². The number of carbonyl (C=O) groups is 12. The Morgan fingerprint density at radius 3 is 0.969 bits per heavy atom. The van der Waals surface area contributed by atoms with Crippen molar-refractivity contribution in [1.82, 2.24) is 0 Å².